The van der Waals surface area contributed by atoms with E-state index in [1.807, 2.05) is 18.2 Å². The zero-order valence-electron chi connectivity index (χ0n) is 12.4. The SMILES string of the molecule is Cc1c(C(N)=Nc2ccc(C=O)cn2)[nH]c2ccccc2c1=O. The van der Waals surface area contributed by atoms with Gasteiger partial charge in [-0.1, -0.05) is 12.1 Å². The number of fused-ring (bicyclic) bond motifs is 1. The number of amidine groups is 1. The average molecular weight is 306 g/mol. The molecule has 1 aromatic carbocycles. The molecule has 3 rings (SSSR count). The first-order valence-electron chi connectivity index (χ1n) is 6.97. The summed E-state index contributed by atoms with van der Waals surface area (Å²) in [4.78, 5) is 34.4. The molecule has 0 aliphatic carbocycles. The summed E-state index contributed by atoms with van der Waals surface area (Å²) in [7, 11) is 0. The molecule has 114 valence electrons. The van der Waals surface area contributed by atoms with Gasteiger partial charge in [-0.2, -0.15) is 0 Å². The first-order valence-corrected chi connectivity index (χ1v) is 6.97. The number of nitrogens with zero attached hydrogens (tertiary/aromatic N) is 2. The summed E-state index contributed by atoms with van der Waals surface area (Å²) in [5.74, 6) is 0.526. The van der Waals surface area contributed by atoms with Crippen LogP contribution in [-0.2, 0) is 0 Å². The summed E-state index contributed by atoms with van der Waals surface area (Å²) in [6, 6.07) is 10.4. The molecule has 2 aromatic heterocycles. The van der Waals surface area contributed by atoms with Crippen molar-refractivity contribution in [3.8, 4) is 0 Å². The number of hydrogen-bond donors (Lipinski definition) is 2. The van der Waals surface area contributed by atoms with E-state index in [9.17, 15) is 9.59 Å². The topological polar surface area (TPSA) is 101 Å². The molecule has 0 bridgehead atoms. The number of aromatic nitrogens is 2. The number of H-pyrrole nitrogens is 1. The number of nitrogens with one attached hydrogen (secondary N) is 1. The summed E-state index contributed by atoms with van der Waals surface area (Å²) in [6.07, 6.45) is 2.12. The molecule has 6 nitrogen and oxygen atoms in total. The number of aromatic amines is 1. The van der Waals surface area contributed by atoms with Crippen LogP contribution < -0.4 is 11.2 Å². The Morgan fingerprint density at radius 1 is 1.26 bits per heavy atom. The Balaban J connectivity index is 2.11. The van der Waals surface area contributed by atoms with Crippen LogP contribution >= 0.6 is 0 Å². The molecule has 23 heavy (non-hydrogen) atoms. The first-order chi connectivity index (χ1) is 11.1. The third-order valence-electron chi connectivity index (χ3n) is 3.54. The molecule has 0 unspecified atom stereocenters. The summed E-state index contributed by atoms with van der Waals surface area (Å²) in [6.45, 7) is 1.70. The average Bonchev–Trinajstić information content (AvgIpc) is 2.58. The van der Waals surface area contributed by atoms with Gasteiger partial charge in [0.1, 0.15) is 5.84 Å². The van der Waals surface area contributed by atoms with E-state index in [-0.39, 0.29) is 11.3 Å². The van der Waals surface area contributed by atoms with Gasteiger partial charge in [-0.05, 0) is 31.2 Å². The largest absolute Gasteiger partial charge is 0.382 e. The van der Waals surface area contributed by atoms with Crippen LogP contribution in [0.4, 0.5) is 5.82 Å². The normalized spacial score (nSPS) is 11.6. The Bertz CT molecular complexity index is 972. The van der Waals surface area contributed by atoms with Crippen molar-refractivity contribution in [3.63, 3.8) is 0 Å². The van der Waals surface area contributed by atoms with Crippen molar-refractivity contribution < 1.29 is 4.79 Å². The second-order valence-electron chi connectivity index (χ2n) is 5.06. The second-order valence-corrected chi connectivity index (χ2v) is 5.06. The summed E-state index contributed by atoms with van der Waals surface area (Å²) in [5.41, 5.74) is 8.06. The highest BCUT2D eigenvalue weighted by Gasteiger charge is 2.11. The van der Waals surface area contributed by atoms with E-state index >= 15 is 0 Å². The number of pyridine rings is 2. The number of para-hydroxylation sites is 1. The van der Waals surface area contributed by atoms with Gasteiger partial charge in [0.05, 0.1) is 5.69 Å². The molecule has 0 spiro atoms. The summed E-state index contributed by atoms with van der Waals surface area (Å²) in [5, 5.41) is 0.606. The van der Waals surface area contributed by atoms with Crippen LogP contribution in [0.15, 0.2) is 52.4 Å². The van der Waals surface area contributed by atoms with Crippen LogP contribution in [0.25, 0.3) is 10.9 Å². The van der Waals surface area contributed by atoms with E-state index in [0.717, 1.165) is 0 Å². The number of aldehydes is 1. The molecular weight excluding hydrogens is 292 g/mol. The summed E-state index contributed by atoms with van der Waals surface area (Å²) >= 11 is 0. The third kappa shape index (κ3) is 2.74. The maximum absolute atomic E-state index is 12.4. The standard InChI is InChI=1S/C17H14N4O2/c1-10-15(20-13-5-3-2-4-12(13)16(10)23)17(18)21-14-7-6-11(9-22)8-19-14/h2-9H,1H3,(H,20,23)(H2,18,19,21). The zero-order valence-corrected chi connectivity index (χ0v) is 12.4. The third-order valence-corrected chi connectivity index (χ3v) is 3.54. The van der Waals surface area contributed by atoms with Crippen molar-refractivity contribution in [2.75, 3.05) is 0 Å². The van der Waals surface area contributed by atoms with E-state index in [1.54, 1.807) is 25.1 Å². The Morgan fingerprint density at radius 2 is 2.04 bits per heavy atom. The van der Waals surface area contributed by atoms with Gasteiger partial charge in [0.15, 0.2) is 17.5 Å². The smallest absolute Gasteiger partial charge is 0.193 e. The van der Waals surface area contributed by atoms with Crippen molar-refractivity contribution in [2.45, 2.75) is 6.92 Å². The van der Waals surface area contributed by atoms with Crippen molar-refractivity contribution in [1.82, 2.24) is 9.97 Å². The number of carbonyl (C=O) groups excluding carboxylic acids is 1. The predicted molar refractivity (Wildman–Crippen MR) is 89.3 cm³/mol. The molecule has 0 saturated heterocycles. The fourth-order valence-electron chi connectivity index (χ4n) is 2.30. The van der Waals surface area contributed by atoms with Gasteiger partial charge < -0.3 is 10.7 Å². The maximum Gasteiger partial charge on any atom is 0.193 e. The molecule has 0 atom stereocenters. The molecule has 0 fully saturated rings. The number of rotatable bonds is 3. The van der Waals surface area contributed by atoms with E-state index in [2.05, 4.69) is 15.0 Å². The van der Waals surface area contributed by atoms with E-state index in [4.69, 9.17) is 5.73 Å². The van der Waals surface area contributed by atoms with Gasteiger partial charge in [0, 0.05) is 28.2 Å². The summed E-state index contributed by atoms with van der Waals surface area (Å²) < 4.78 is 0. The lowest BCUT2D eigenvalue weighted by molar-refractivity contribution is 0.112. The minimum absolute atomic E-state index is 0.0863. The van der Waals surface area contributed by atoms with Crippen molar-refractivity contribution >= 4 is 28.8 Å². The van der Waals surface area contributed by atoms with Gasteiger partial charge in [-0.3, -0.25) is 9.59 Å². The molecule has 0 saturated carbocycles. The van der Waals surface area contributed by atoms with E-state index in [0.29, 0.717) is 39.8 Å². The fourth-order valence-corrected chi connectivity index (χ4v) is 2.30. The van der Waals surface area contributed by atoms with Gasteiger partial charge in [-0.15, -0.1) is 0 Å². The molecule has 3 aromatic rings. The molecule has 0 radical (unpaired) electrons. The van der Waals surface area contributed by atoms with E-state index < -0.39 is 0 Å². The monoisotopic (exact) mass is 306 g/mol. The van der Waals surface area contributed by atoms with Crippen LogP contribution in [0.2, 0.25) is 0 Å². The van der Waals surface area contributed by atoms with Gasteiger partial charge in [-0.25, -0.2) is 9.98 Å². The lowest BCUT2D eigenvalue weighted by atomic mass is 10.1. The van der Waals surface area contributed by atoms with Crippen LogP contribution in [0.5, 0.6) is 0 Å². The van der Waals surface area contributed by atoms with Crippen LogP contribution in [-0.4, -0.2) is 22.1 Å². The van der Waals surface area contributed by atoms with Crippen molar-refractivity contribution in [2.24, 2.45) is 10.7 Å². The van der Waals surface area contributed by atoms with Gasteiger partial charge in [0.25, 0.3) is 0 Å². The quantitative estimate of drug-likeness (QED) is 0.439. The lowest BCUT2D eigenvalue weighted by Gasteiger charge is -2.07. The Hall–Kier alpha value is -3.28. The Kier molecular flexibility index (Phi) is 3.72. The first kappa shape index (κ1) is 14.6. The molecule has 0 amide bonds. The number of hydrogen-bond acceptors (Lipinski definition) is 4. The Labute approximate surface area is 131 Å². The van der Waals surface area contributed by atoms with Crippen molar-refractivity contribution in [1.29, 1.82) is 0 Å². The highest BCUT2D eigenvalue weighted by atomic mass is 16.1. The van der Waals surface area contributed by atoms with Crippen molar-refractivity contribution in [3.05, 3.63) is 69.6 Å². The lowest BCUT2D eigenvalue weighted by Crippen LogP contribution is -2.21. The molecule has 6 heteroatoms. The minimum Gasteiger partial charge on any atom is -0.382 e. The molecule has 0 aliphatic rings. The van der Waals surface area contributed by atoms with Crippen LogP contribution in [0.3, 0.4) is 0 Å². The van der Waals surface area contributed by atoms with E-state index in [1.165, 1.54) is 6.20 Å². The Morgan fingerprint density at radius 3 is 2.74 bits per heavy atom. The maximum atomic E-state index is 12.4. The number of benzene rings is 1. The van der Waals surface area contributed by atoms with Gasteiger partial charge >= 0.3 is 0 Å². The molecule has 0 aliphatic heterocycles. The van der Waals surface area contributed by atoms with Crippen LogP contribution in [0, 0.1) is 6.92 Å². The number of aliphatic imine (C=N–C) groups is 1. The highest BCUT2D eigenvalue weighted by molar-refractivity contribution is 6.00. The fraction of sp³-hybridized carbons (Fsp3) is 0.0588. The predicted octanol–water partition coefficient (Wildman–Crippen LogP) is 2.08. The van der Waals surface area contributed by atoms with Crippen LogP contribution in [0.1, 0.15) is 21.6 Å². The molecular formula is C17H14N4O2. The zero-order chi connectivity index (χ0) is 16.4. The number of nitrogens with two attached hydrogens (primary N) is 1. The van der Waals surface area contributed by atoms with Gasteiger partial charge in [0.2, 0.25) is 0 Å². The highest BCUT2D eigenvalue weighted by Crippen LogP contribution is 2.13. The molecule has 2 heterocycles. The molecule has 3 N–H and O–H groups in total. The minimum atomic E-state index is -0.0863. The second kappa shape index (κ2) is 5.84. The number of carbonyl (C=O) groups is 1.